The fourth-order valence-corrected chi connectivity index (χ4v) is 3.35. The number of nitrogens with two attached hydrogens (primary N) is 1. The lowest BCUT2D eigenvalue weighted by Crippen LogP contribution is -2.50. The first-order valence-corrected chi connectivity index (χ1v) is 8.19. The number of nitrogens with zero attached hydrogens (tertiary/aromatic N) is 2. The van der Waals surface area contributed by atoms with Crippen LogP contribution in [0, 0.1) is 0 Å². The van der Waals surface area contributed by atoms with Gasteiger partial charge in [-0.25, -0.2) is 0 Å². The number of fused-ring (bicyclic) bond motifs is 1. The van der Waals surface area contributed by atoms with E-state index in [9.17, 15) is 5.11 Å². The zero-order chi connectivity index (χ0) is 15.7. The molecule has 3 N–H and O–H groups in total. The molecule has 0 aliphatic carbocycles. The minimum atomic E-state index is -0.451. The van der Waals surface area contributed by atoms with Gasteiger partial charge < -0.3 is 15.7 Å². The number of aliphatic hydroxyl groups is 1. The van der Waals surface area contributed by atoms with Gasteiger partial charge in [0.2, 0.25) is 0 Å². The number of piperidine rings is 1. The van der Waals surface area contributed by atoms with Gasteiger partial charge in [-0.3, -0.25) is 4.98 Å². The van der Waals surface area contributed by atoms with Crippen LogP contribution in [0.25, 0.3) is 10.9 Å². The Kier molecular flexibility index (Phi) is 4.85. The first-order valence-electron chi connectivity index (χ1n) is 7.43. The molecule has 1 fully saturated rings. The molecule has 0 unspecified atom stereocenters. The fraction of sp³-hybridized carbons (Fsp3) is 0.438. The molecule has 2 atom stereocenters. The van der Waals surface area contributed by atoms with Crippen molar-refractivity contribution in [2.45, 2.75) is 25.0 Å². The summed E-state index contributed by atoms with van der Waals surface area (Å²) in [7, 11) is 0. The van der Waals surface area contributed by atoms with E-state index >= 15 is 0 Å². The Morgan fingerprint density at radius 2 is 2.18 bits per heavy atom. The molecule has 3 rings (SSSR count). The summed E-state index contributed by atoms with van der Waals surface area (Å²) < 4.78 is 0. The average molecular weight is 340 g/mol. The van der Waals surface area contributed by atoms with Gasteiger partial charge in [0.25, 0.3) is 0 Å². The first-order chi connectivity index (χ1) is 10.5. The minimum absolute atomic E-state index is 0.111. The van der Waals surface area contributed by atoms with E-state index in [-0.39, 0.29) is 6.04 Å². The number of halogens is 2. The van der Waals surface area contributed by atoms with Gasteiger partial charge in [-0.05, 0) is 43.1 Å². The van der Waals surface area contributed by atoms with Gasteiger partial charge in [0.05, 0.1) is 16.6 Å². The van der Waals surface area contributed by atoms with E-state index in [2.05, 4.69) is 9.88 Å². The minimum Gasteiger partial charge on any atom is -0.390 e. The lowest BCUT2D eigenvalue weighted by atomic mass is 10.0. The molecule has 0 bridgehead atoms. The summed E-state index contributed by atoms with van der Waals surface area (Å²) in [4.78, 5) is 6.56. The molecular formula is C16H19Cl2N3O. The largest absolute Gasteiger partial charge is 0.390 e. The molecule has 118 valence electrons. The number of likely N-dealkylation sites (tertiary alicyclic amines) is 1. The van der Waals surface area contributed by atoms with Crippen LogP contribution in [0.1, 0.15) is 12.0 Å². The zero-order valence-corrected chi connectivity index (χ0v) is 13.7. The molecule has 1 aliphatic rings. The number of pyridine rings is 1. The highest BCUT2D eigenvalue weighted by Gasteiger charge is 2.24. The SMILES string of the molecule is N[C@@H]1CCN(CCc2c(Cl)cnc3ccc(Cl)cc23)C[C@@H]1O. The van der Waals surface area contributed by atoms with Crippen LogP contribution >= 0.6 is 23.2 Å². The Morgan fingerprint density at radius 3 is 2.95 bits per heavy atom. The van der Waals surface area contributed by atoms with E-state index in [0.717, 1.165) is 42.4 Å². The van der Waals surface area contributed by atoms with Crippen molar-refractivity contribution in [1.82, 2.24) is 9.88 Å². The van der Waals surface area contributed by atoms with Gasteiger partial charge in [-0.15, -0.1) is 0 Å². The molecule has 0 radical (unpaired) electrons. The molecule has 6 heteroatoms. The van der Waals surface area contributed by atoms with Crippen molar-refractivity contribution in [3.8, 4) is 0 Å². The third-order valence-corrected chi connectivity index (χ3v) is 4.85. The van der Waals surface area contributed by atoms with Crippen molar-refractivity contribution in [2.75, 3.05) is 19.6 Å². The van der Waals surface area contributed by atoms with Crippen LogP contribution in [-0.4, -0.2) is 46.8 Å². The predicted octanol–water partition coefficient (Wildman–Crippen LogP) is 2.48. The molecule has 1 aliphatic heterocycles. The molecule has 0 amide bonds. The standard InChI is InChI=1S/C16H19Cl2N3O/c17-10-1-2-15-12(7-10)11(13(18)8-20-15)3-5-21-6-4-14(19)16(22)9-21/h1-2,7-8,14,16,22H,3-6,9,19H2/t14-,16+/m1/s1. The second-order valence-electron chi connectivity index (χ2n) is 5.82. The Balaban J connectivity index is 1.79. The molecule has 0 saturated carbocycles. The van der Waals surface area contributed by atoms with Crippen molar-refractivity contribution in [1.29, 1.82) is 0 Å². The smallest absolute Gasteiger partial charge is 0.0818 e. The van der Waals surface area contributed by atoms with Crippen molar-refractivity contribution in [3.05, 3.63) is 40.0 Å². The number of β-amino-alcohol motifs (C(OH)–C–C–N with tert-alkyl or cyclic N) is 1. The maximum absolute atomic E-state index is 9.89. The molecule has 0 spiro atoms. The summed E-state index contributed by atoms with van der Waals surface area (Å²) in [5, 5.41) is 12.2. The second-order valence-corrected chi connectivity index (χ2v) is 6.66. The third-order valence-electron chi connectivity index (χ3n) is 4.29. The maximum atomic E-state index is 9.89. The van der Waals surface area contributed by atoms with Crippen LogP contribution in [0.4, 0.5) is 0 Å². The molecule has 2 aromatic rings. The van der Waals surface area contributed by atoms with E-state index in [0.29, 0.717) is 16.6 Å². The summed E-state index contributed by atoms with van der Waals surface area (Å²) >= 11 is 12.4. The van der Waals surface area contributed by atoms with E-state index in [4.69, 9.17) is 28.9 Å². The van der Waals surface area contributed by atoms with Gasteiger partial charge in [0.1, 0.15) is 0 Å². The highest BCUT2D eigenvalue weighted by atomic mass is 35.5. The molecule has 1 aromatic carbocycles. The summed E-state index contributed by atoms with van der Waals surface area (Å²) in [5.41, 5.74) is 7.79. The summed E-state index contributed by atoms with van der Waals surface area (Å²) in [6.45, 7) is 2.34. The number of rotatable bonds is 3. The summed E-state index contributed by atoms with van der Waals surface area (Å²) in [6.07, 6.45) is 2.85. The number of benzene rings is 1. The quantitative estimate of drug-likeness (QED) is 0.901. The van der Waals surface area contributed by atoms with Crippen LogP contribution in [-0.2, 0) is 6.42 Å². The molecule has 22 heavy (non-hydrogen) atoms. The summed E-state index contributed by atoms with van der Waals surface area (Å²) in [5.74, 6) is 0. The highest BCUT2D eigenvalue weighted by Crippen LogP contribution is 2.27. The Morgan fingerprint density at radius 1 is 1.36 bits per heavy atom. The molecule has 1 saturated heterocycles. The highest BCUT2D eigenvalue weighted by molar-refractivity contribution is 6.33. The second kappa shape index (κ2) is 6.69. The van der Waals surface area contributed by atoms with Crippen molar-refractivity contribution >= 4 is 34.1 Å². The van der Waals surface area contributed by atoms with Crippen LogP contribution in [0.5, 0.6) is 0 Å². The topological polar surface area (TPSA) is 62.4 Å². The predicted molar refractivity (Wildman–Crippen MR) is 90.5 cm³/mol. The van der Waals surface area contributed by atoms with Gasteiger partial charge in [-0.2, -0.15) is 0 Å². The van der Waals surface area contributed by atoms with Crippen LogP contribution in [0.15, 0.2) is 24.4 Å². The molecule has 1 aromatic heterocycles. The monoisotopic (exact) mass is 339 g/mol. The zero-order valence-electron chi connectivity index (χ0n) is 12.2. The molecule has 2 heterocycles. The number of aliphatic hydroxyl groups excluding tert-OH is 1. The van der Waals surface area contributed by atoms with Crippen molar-refractivity contribution < 1.29 is 5.11 Å². The van der Waals surface area contributed by atoms with E-state index in [1.54, 1.807) is 6.20 Å². The average Bonchev–Trinajstić information content (AvgIpc) is 2.49. The lowest BCUT2D eigenvalue weighted by Gasteiger charge is -2.34. The fourth-order valence-electron chi connectivity index (χ4n) is 2.94. The molecule has 4 nitrogen and oxygen atoms in total. The van der Waals surface area contributed by atoms with Gasteiger partial charge >= 0.3 is 0 Å². The van der Waals surface area contributed by atoms with Gasteiger partial charge in [-0.1, -0.05) is 23.2 Å². The van der Waals surface area contributed by atoms with Crippen molar-refractivity contribution in [2.24, 2.45) is 5.73 Å². The van der Waals surface area contributed by atoms with Crippen LogP contribution in [0.3, 0.4) is 0 Å². The number of aromatic nitrogens is 1. The maximum Gasteiger partial charge on any atom is 0.0818 e. The third kappa shape index (κ3) is 3.36. The van der Waals surface area contributed by atoms with Crippen LogP contribution in [0.2, 0.25) is 10.0 Å². The Labute approximate surface area is 139 Å². The summed E-state index contributed by atoms with van der Waals surface area (Å²) in [6, 6.07) is 5.53. The van der Waals surface area contributed by atoms with Crippen molar-refractivity contribution in [3.63, 3.8) is 0 Å². The normalized spacial score (nSPS) is 23.1. The Bertz CT molecular complexity index is 674. The van der Waals surface area contributed by atoms with Crippen LogP contribution < -0.4 is 5.73 Å². The van der Waals surface area contributed by atoms with E-state index < -0.39 is 6.10 Å². The van der Waals surface area contributed by atoms with E-state index in [1.807, 2.05) is 18.2 Å². The number of hydrogen-bond donors (Lipinski definition) is 2. The Hall–Kier alpha value is -0.910. The molecular weight excluding hydrogens is 321 g/mol. The van der Waals surface area contributed by atoms with Gasteiger partial charge in [0, 0.05) is 35.7 Å². The van der Waals surface area contributed by atoms with E-state index in [1.165, 1.54) is 0 Å². The first kappa shape index (κ1) is 16.0. The lowest BCUT2D eigenvalue weighted by molar-refractivity contribution is 0.0542. The van der Waals surface area contributed by atoms with Gasteiger partial charge in [0.15, 0.2) is 0 Å². The number of hydrogen-bond acceptors (Lipinski definition) is 4.